The van der Waals surface area contributed by atoms with Crippen LogP contribution in [0.15, 0.2) is 91.0 Å². The van der Waals surface area contributed by atoms with Crippen LogP contribution in [0.4, 0.5) is 56.6 Å². The number of hydrogen-bond acceptors (Lipinski definition) is 9. The van der Waals surface area contributed by atoms with Gasteiger partial charge in [0.15, 0.2) is 0 Å². The number of benzene rings is 4. The summed E-state index contributed by atoms with van der Waals surface area (Å²) in [5.41, 5.74) is 15.8. The first-order chi connectivity index (χ1) is 23.3. The highest BCUT2D eigenvalue weighted by atomic mass is 19.4. The van der Waals surface area contributed by atoms with Crippen molar-refractivity contribution in [1.29, 1.82) is 0 Å². The first-order valence-corrected chi connectivity index (χ1v) is 13.0. The van der Waals surface area contributed by atoms with Gasteiger partial charge in [0.2, 0.25) is 0 Å². The second-order valence-electron chi connectivity index (χ2n) is 9.07. The Morgan fingerprint density at radius 2 is 0.588 bits per heavy atom. The number of halogens is 9. The Morgan fingerprint density at radius 1 is 0.412 bits per heavy atom. The monoisotopic (exact) mass is 741 g/mol. The fourth-order valence-corrected chi connectivity index (χ4v) is 3.01. The third-order valence-corrected chi connectivity index (χ3v) is 5.01. The van der Waals surface area contributed by atoms with Crippen LogP contribution in [0.5, 0.6) is 17.2 Å². The summed E-state index contributed by atoms with van der Waals surface area (Å²) in [6.07, 6.45) is -13.9. The zero-order valence-electron chi connectivity index (χ0n) is 25.1. The fourth-order valence-electron chi connectivity index (χ4n) is 3.01. The number of carboxylic acid groups (broad SMARTS) is 3. The number of anilines is 3. The molecule has 4 aromatic rings. The molecule has 0 radical (unpaired) electrons. The van der Waals surface area contributed by atoms with Gasteiger partial charge >= 0.3 is 37.0 Å². The van der Waals surface area contributed by atoms with E-state index < -0.39 is 37.0 Å². The molecule has 0 atom stereocenters. The SMILES string of the molecule is Nc1ccc(OC(F)(F)F)cc1.Nc1ccc(OC(F)(F)F)cc1.Nc1ccc(OC(F)(F)F)cc1.O=C(O)c1cc(C(=O)O)cc(C(=O)O)c1. The van der Waals surface area contributed by atoms with Crippen molar-refractivity contribution in [3.05, 3.63) is 108 Å². The molecule has 0 aliphatic rings. The van der Waals surface area contributed by atoms with E-state index in [0.29, 0.717) is 17.1 Å². The van der Waals surface area contributed by atoms with Crippen molar-refractivity contribution in [2.24, 2.45) is 0 Å². The summed E-state index contributed by atoms with van der Waals surface area (Å²) in [4.78, 5) is 31.7. The number of nitrogens with two attached hydrogens (primary N) is 3. The van der Waals surface area contributed by atoms with Gasteiger partial charge in [-0.2, -0.15) is 0 Å². The predicted molar refractivity (Wildman–Crippen MR) is 160 cm³/mol. The number of nitrogen functional groups attached to an aromatic ring is 3. The predicted octanol–water partition coefficient (Wildman–Crippen LogP) is 7.28. The van der Waals surface area contributed by atoms with Crippen LogP contribution in [0.3, 0.4) is 0 Å². The Labute approximate surface area is 280 Å². The number of rotatable bonds is 6. The number of alkyl halides is 9. The Kier molecular flexibility index (Phi) is 15.2. The highest BCUT2D eigenvalue weighted by Gasteiger charge is 2.32. The van der Waals surface area contributed by atoms with Gasteiger partial charge in [-0.3, -0.25) is 0 Å². The van der Waals surface area contributed by atoms with Crippen molar-refractivity contribution in [3.63, 3.8) is 0 Å². The van der Waals surface area contributed by atoms with Crippen LogP contribution < -0.4 is 31.4 Å². The quantitative estimate of drug-likeness (QED) is 0.0849. The second kappa shape index (κ2) is 18.3. The summed E-state index contributed by atoms with van der Waals surface area (Å²) < 4.78 is 115. The van der Waals surface area contributed by atoms with Crippen LogP contribution >= 0.6 is 0 Å². The number of aromatic carboxylic acids is 3. The van der Waals surface area contributed by atoms with Crippen LogP contribution in [0.2, 0.25) is 0 Å². The molecule has 4 aromatic carbocycles. The Balaban J connectivity index is 0.000000342. The summed E-state index contributed by atoms with van der Waals surface area (Å²) >= 11 is 0. The maximum Gasteiger partial charge on any atom is 0.573 e. The van der Waals surface area contributed by atoms with Crippen molar-refractivity contribution in [2.75, 3.05) is 17.2 Å². The normalized spacial score (nSPS) is 10.8. The fraction of sp³-hybridized carbons (Fsp3) is 0.100. The van der Waals surface area contributed by atoms with Crippen molar-refractivity contribution in [2.45, 2.75) is 19.1 Å². The van der Waals surface area contributed by atoms with Gasteiger partial charge < -0.3 is 46.7 Å². The molecule has 0 saturated heterocycles. The standard InChI is InChI=1S/C9H6O6.3C7H6F3NO/c10-7(11)4-1-5(8(12)13)3-6(2-4)9(14)15;3*8-7(9,10)12-6-3-1-5(11)2-4-6/h1-3H,(H,10,11)(H,12,13)(H,14,15);3*1-4H,11H2. The minimum atomic E-state index is -4.64. The molecule has 0 aromatic heterocycles. The summed E-state index contributed by atoms with van der Waals surface area (Å²) in [5.74, 6) is -4.92. The van der Waals surface area contributed by atoms with Gasteiger partial charge in [0.1, 0.15) is 17.2 Å². The number of carbonyl (C=O) groups is 3. The van der Waals surface area contributed by atoms with Crippen LogP contribution in [-0.2, 0) is 0 Å². The molecule has 276 valence electrons. The Bertz CT molecular complexity index is 1510. The summed E-state index contributed by atoms with van der Waals surface area (Å²) in [7, 11) is 0. The largest absolute Gasteiger partial charge is 0.573 e. The average Bonchev–Trinajstić information content (AvgIpc) is 2.99. The van der Waals surface area contributed by atoms with Gasteiger partial charge in [0.05, 0.1) is 16.7 Å². The summed E-state index contributed by atoms with van der Waals surface area (Å²) in [6, 6.07) is 17.6. The minimum Gasteiger partial charge on any atom is -0.478 e. The zero-order chi connectivity index (χ0) is 39.2. The number of carboxylic acids is 3. The molecular formula is C30H24F9N3O9. The molecule has 0 heterocycles. The van der Waals surface area contributed by atoms with Gasteiger partial charge in [0, 0.05) is 17.1 Å². The zero-order valence-corrected chi connectivity index (χ0v) is 25.1. The molecule has 0 aliphatic carbocycles. The molecule has 4 rings (SSSR count). The van der Waals surface area contributed by atoms with E-state index >= 15 is 0 Å². The van der Waals surface area contributed by atoms with E-state index in [9.17, 15) is 53.9 Å². The van der Waals surface area contributed by atoms with E-state index in [0.717, 1.165) is 54.6 Å². The second-order valence-corrected chi connectivity index (χ2v) is 9.07. The van der Waals surface area contributed by atoms with Gasteiger partial charge in [-0.15, -0.1) is 39.5 Å². The smallest absolute Gasteiger partial charge is 0.478 e. The maximum absolute atomic E-state index is 11.6. The topological polar surface area (TPSA) is 218 Å². The molecule has 21 heteroatoms. The van der Waals surface area contributed by atoms with Gasteiger partial charge in [-0.05, 0) is 91.0 Å². The van der Waals surface area contributed by atoms with Crippen LogP contribution in [-0.4, -0.2) is 52.3 Å². The molecule has 0 aliphatic heterocycles. The van der Waals surface area contributed by atoms with Gasteiger partial charge in [-0.1, -0.05) is 0 Å². The maximum atomic E-state index is 11.6. The number of hydrogen-bond donors (Lipinski definition) is 6. The Hall–Kier alpha value is -6.54. The highest BCUT2D eigenvalue weighted by molar-refractivity contribution is 5.98. The van der Waals surface area contributed by atoms with E-state index in [1.807, 2.05) is 0 Å². The summed E-state index contributed by atoms with van der Waals surface area (Å²) in [6.45, 7) is 0. The van der Waals surface area contributed by atoms with E-state index in [4.69, 9.17) is 32.5 Å². The van der Waals surface area contributed by atoms with E-state index in [1.165, 1.54) is 36.4 Å². The molecular weight excluding hydrogens is 717 g/mol. The average molecular weight is 742 g/mol. The summed E-state index contributed by atoms with van der Waals surface area (Å²) in [5, 5.41) is 25.8. The molecule has 0 saturated carbocycles. The van der Waals surface area contributed by atoms with Crippen molar-refractivity contribution >= 4 is 35.0 Å². The lowest BCUT2D eigenvalue weighted by Gasteiger charge is -2.07. The third-order valence-electron chi connectivity index (χ3n) is 5.01. The molecule has 9 N–H and O–H groups in total. The minimum absolute atomic E-state index is 0.267. The van der Waals surface area contributed by atoms with E-state index in [-0.39, 0.29) is 33.9 Å². The molecule has 12 nitrogen and oxygen atoms in total. The Morgan fingerprint density at radius 3 is 0.725 bits per heavy atom. The van der Waals surface area contributed by atoms with Crippen LogP contribution in [0, 0.1) is 0 Å². The number of ether oxygens (including phenoxy) is 3. The molecule has 0 fully saturated rings. The van der Waals surface area contributed by atoms with Gasteiger partial charge in [-0.25, -0.2) is 14.4 Å². The van der Waals surface area contributed by atoms with Gasteiger partial charge in [0.25, 0.3) is 0 Å². The lowest BCUT2D eigenvalue weighted by Crippen LogP contribution is -2.16. The molecule has 0 bridgehead atoms. The third kappa shape index (κ3) is 19.1. The lowest BCUT2D eigenvalue weighted by molar-refractivity contribution is -0.275. The first-order valence-electron chi connectivity index (χ1n) is 13.0. The highest BCUT2D eigenvalue weighted by Crippen LogP contribution is 2.25. The van der Waals surface area contributed by atoms with Crippen molar-refractivity contribution in [1.82, 2.24) is 0 Å². The van der Waals surface area contributed by atoms with E-state index in [2.05, 4.69) is 14.2 Å². The molecule has 0 spiro atoms. The molecule has 0 unspecified atom stereocenters. The molecule has 51 heavy (non-hydrogen) atoms. The van der Waals surface area contributed by atoms with Crippen molar-refractivity contribution in [3.8, 4) is 17.2 Å². The lowest BCUT2D eigenvalue weighted by atomic mass is 10.1. The van der Waals surface area contributed by atoms with Crippen LogP contribution in [0.1, 0.15) is 31.1 Å². The van der Waals surface area contributed by atoms with Crippen molar-refractivity contribution < 1.29 is 83.4 Å². The first kappa shape index (κ1) is 42.5. The van der Waals surface area contributed by atoms with E-state index in [1.54, 1.807) is 0 Å². The molecule has 0 amide bonds. The van der Waals surface area contributed by atoms with Crippen LogP contribution in [0.25, 0.3) is 0 Å².